The maximum atomic E-state index is 9.86. The van der Waals surface area contributed by atoms with E-state index in [1.165, 1.54) is 21.2 Å². The molecule has 2 heteroatoms. The van der Waals surface area contributed by atoms with E-state index in [1.807, 2.05) is 13.8 Å². The second-order valence-electron chi connectivity index (χ2n) is 4.70. The molecule has 1 N–H and O–H groups in total. The molecular formula is C13H16OS. The van der Waals surface area contributed by atoms with Crippen LogP contribution in [0, 0.1) is 6.92 Å². The quantitative estimate of drug-likeness (QED) is 0.821. The second-order valence-corrected chi connectivity index (χ2v) is 5.61. The van der Waals surface area contributed by atoms with E-state index in [0.29, 0.717) is 6.42 Å². The largest absolute Gasteiger partial charge is 0.390 e. The van der Waals surface area contributed by atoms with Gasteiger partial charge in [-0.05, 0) is 48.7 Å². The van der Waals surface area contributed by atoms with Crippen LogP contribution in [-0.2, 0) is 6.42 Å². The standard InChI is InChI=1S/C13H16OS/c1-9-8-15-11-6-4-5-10(12(9)11)7-13(2,3)14/h4-6,8,14H,7H2,1-3H3. The lowest BCUT2D eigenvalue weighted by Crippen LogP contribution is -2.21. The first kappa shape index (κ1) is 10.7. The average molecular weight is 220 g/mol. The van der Waals surface area contributed by atoms with Crippen LogP contribution in [0.3, 0.4) is 0 Å². The number of hydrogen-bond acceptors (Lipinski definition) is 2. The van der Waals surface area contributed by atoms with Crippen molar-refractivity contribution in [3.63, 3.8) is 0 Å². The van der Waals surface area contributed by atoms with Gasteiger partial charge in [0, 0.05) is 11.1 Å². The van der Waals surface area contributed by atoms with Gasteiger partial charge in [0.2, 0.25) is 0 Å². The topological polar surface area (TPSA) is 20.2 Å². The van der Waals surface area contributed by atoms with Gasteiger partial charge in [-0.25, -0.2) is 0 Å². The Morgan fingerprint density at radius 2 is 2.07 bits per heavy atom. The summed E-state index contributed by atoms with van der Waals surface area (Å²) in [6, 6.07) is 6.32. The molecule has 1 nitrogen and oxygen atoms in total. The summed E-state index contributed by atoms with van der Waals surface area (Å²) in [7, 11) is 0. The summed E-state index contributed by atoms with van der Waals surface area (Å²) in [5.41, 5.74) is 1.93. The van der Waals surface area contributed by atoms with Crippen molar-refractivity contribution in [3.05, 3.63) is 34.7 Å². The molecule has 0 aliphatic carbocycles. The Morgan fingerprint density at radius 1 is 1.33 bits per heavy atom. The van der Waals surface area contributed by atoms with Crippen LogP contribution in [0.1, 0.15) is 25.0 Å². The molecule has 0 saturated carbocycles. The Morgan fingerprint density at radius 3 is 2.73 bits per heavy atom. The molecule has 2 rings (SSSR count). The van der Waals surface area contributed by atoms with E-state index >= 15 is 0 Å². The lowest BCUT2D eigenvalue weighted by Gasteiger charge is -2.17. The predicted octanol–water partition coefficient (Wildman–Crippen LogP) is 3.52. The fraction of sp³-hybridized carbons (Fsp3) is 0.385. The molecule has 0 aliphatic heterocycles. The summed E-state index contributed by atoms with van der Waals surface area (Å²) in [5, 5.41) is 13.4. The Kier molecular flexibility index (Phi) is 2.57. The molecule has 1 heterocycles. The second kappa shape index (κ2) is 3.62. The zero-order valence-corrected chi connectivity index (χ0v) is 10.2. The molecule has 0 fully saturated rings. The van der Waals surface area contributed by atoms with Crippen molar-refractivity contribution in [2.75, 3.05) is 0 Å². The summed E-state index contributed by atoms with van der Waals surface area (Å²) in [4.78, 5) is 0. The van der Waals surface area contributed by atoms with Crippen molar-refractivity contribution in [1.29, 1.82) is 0 Å². The number of benzene rings is 1. The number of aryl methyl sites for hydroxylation is 1. The molecule has 0 bridgehead atoms. The zero-order chi connectivity index (χ0) is 11.1. The fourth-order valence-corrected chi connectivity index (χ4v) is 2.94. The summed E-state index contributed by atoms with van der Waals surface area (Å²) < 4.78 is 1.31. The maximum absolute atomic E-state index is 9.86. The summed E-state index contributed by atoms with van der Waals surface area (Å²) in [5.74, 6) is 0. The van der Waals surface area contributed by atoms with Gasteiger partial charge in [-0.2, -0.15) is 0 Å². The first-order chi connectivity index (χ1) is 6.97. The summed E-state index contributed by atoms with van der Waals surface area (Å²) >= 11 is 1.77. The van der Waals surface area contributed by atoms with Crippen molar-refractivity contribution in [1.82, 2.24) is 0 Å². The van der Waals surface area contributed by atoms with Gasteiger partial charge in [0.25, 0.3) is 0 Å². The lowest BCUT2D eigenvalue weighted by atomic mass is 9.95. The Balaban J connectivity index is 2.55. The van der Waals surface area contributed by atoms with E-state index in [0.717, 1.165) is 0 Å². The van der Waals surface area contributed by atoms with E-state index in [4.69, 9.17) is 0 Å². The molecular weight excluding hydrogens is 204 g/mol. The molecule has 1 aromatic carbocycles. The van der Waals surface area contributed by atoms with E-state index in [1.54, 1.807) is 11.3 Å². The van der Waals surface area contributed by atoms with E-state index in [2.05, 4.69) is 30.5 Å². The zero-order valence-electron chi connectivity index (χ0n) is 9.37. The third kappa shape index (κ3) is 2.21. The number of aliphatic hydroxyl groups is 1. The van der Waals surface area contributed by atoms with E-state index < -0.39 is 5.60 Å². The average Bonchev–Trinajstić information content (AvgIpc) is 2.46. The van der Waals surface area contributed by atoms with Gasteiger partial charge in [0.15, 0.2) is 0 Å². The van der Waals surface area contributed by atoms with Crippen molar-refractivity contribution in [2.24, 2.45) is 0 Å². The first-order valence-corrected chi connectivity index (χ1v) is 6.03. The smallest absolute Gasteiger partial charge is 0.0632 e. The number of fused-ring (bicyclic) bond motifs is 1. The van der Waals surface area contributed by atoms with Crippen LogP contribution < -0.4 is 0 Å². The highest BCUT2D eigenvalue weighted by Gasteiger charge is 2.16. The summed E-state index contributed by atoms with van der Waals surface area (Å²) in [6.45, 7) is 5.84. The van der Waals surface area contributed by atoms with Gasteiger partial charge >= 0.3 is 0 Å². The third-order valence-corrected chi connectivity index (χ3v) is 3.56. The van der Waals surface area contributed by atoms with Crippen LogP contribution in [0.4, 0.5) is 0 Å². The SMILES string of the molecule is Cc1csc2cccc(CC(C)(C)O)c12. The predicted molar refractivity (Wildman–Crippen MR) is 66.6 cm³/mol. The first-order valence-electron chi connectivity index (χ1n) is 5.15. The van der Waals surface area contributed by atoms with Crippen LogP contribution in [0.15, 0.2) is 23.6 Å². The summed E-state index contributed by atoms with van der Waals surface area (Å²) in [6.07, 6.45) is 0.710. The molecule has 0 saturated heterocycles. The van der Waals surface area contributed by atoms with E-state index in [-0.39, 0.29) is 0 Å². The molecule has 0 unspecified atom stereocenters. The molecule has 0 aliphatic rings. The fourth-order valence-electron chi connectivity index (χ4n) is 1.95. The minimum Gasteiger partial charge on any atom is -0.390 e. The van der Waals surface area contributed by atoms with Gasteiger partial charge in [0.05, 0.1) is 5.60 Å². The highest BCUT2D eigenvalue weighted by molar-refractivity contribution is 7.17. The van der Waals surface area contributed by atoms with Crippen LogP contribution in [0.5, 0.6) is 0 Å². The van der Waals surface area contributed by atoms with Crippen molar-refractivity contribution >= 4 is 21.4 Å². The van der Waals surface area contributed by atoms with Crippen LogP contribution >= 0.6 is 11.3 Å². The van der Waals surface area contributed by atoms with Gasteiger partial charge in [-0.1, -0.05) is 12.1 Å². The van der Waals surface area contributed by atoms with Crippen LogP contribution in [0.2, 0.25) is 0 Å². The molecule has 0 atom stereocenters. The Labute approximate surface area is 94.4 Å². The highest BCUT2D eigenvalue weighted by atomic mass is 32.1. The maximum Gasteiger partial charge on any atom is 0.0632 e. The molecule has 15 heavy (non-hydrogen) atoms. The highest BCUT2D eigenvalue weighted by Crippen LogP contribution is 2.30. The molecule has 2 aromatic rings. The van der Waals surface area contributed by atoms with Gasteiger partial charge < -0.3 is 5.11 Å². The van der Waals surface area contributed by atoms with Gasteiger partial charge in [0.1, 0.15) is 0 Å². The monoisotopic (exact) mass is 220 g/mol. The van der Waals surface area contributed by atoms with Crippen molar-refractivity contribution in [3.8, 4) is 0 Å². The Bertz CT molecular complexity index is 477. The molecule has 80 valence electrons. The molecule has 0 radical (unpaired) electrons. The molecule has 0 spiro atoms. The van der Waals surface area contributed by atoms with Crippen molar-refractivity contribution in [2.45, 2.75) is 32.8 Å². The van der Waals surface area contributed by atoms with Gasteiger partial charge in [-0.15, -0.1) is 11.3 Å². The van der Waals surface area contributed by atoms with E-state index in [9.17, 15) is 5.11 Å². The molecule has 1 aromatic heterocycles. The lowest BCUT2D eigenvalue weighted by molar-refractivity contribution is 0.0813. The van der Waals surface area contributed by atoms with Gasteiger partial charge in [-0.3, -0.25) is 0 Å². The Hall–Kier alpha value is -0.860. The number of hydrogen-bond donors (Lipinski definition) is 1. The molecule has 0 amide bonds. The normalized spacial score (nSPS) is 12.3. The third-order valence-electron chi connectivity index (χ3n) is 2.49. The minimum atomic E-state index is -0.636. The number of rotatable bonds is 2. The number of thiophene rings is 1. The van der Waals surface area contributed by atoms with Crippen LogP contribution in [0.25, 0.3) is 10.1 Å². The van der Waals surface area contributed by atoms with Crippen LogP contribution in [-0.4, -0.2) is 10.7 Å². The van der Waals surface area contributed by atoms with Crippen molar-refractivity contribution < 1.29 is 5.11 Å². The minimum absolute atomic E-state index is 0.636.